The Kier molecular flexibility index (Phi) is 4.41. The first kappa shape index (κ1) is 15.0. The van der Waals surface area contributed by atoms with Gasteiger partial charge in [-0.15, -0.1) is 0 Å². The van der Waals surface area contributed by atoms with Crippen LogP contribution in [-0.4, -0.2) is 23.9 Å². The lowest BCUT2D eigenvalue weighted by Gasteiger charge is -2.28. The van der Waals surface area contributed by atoms with Crippen LogP contribution in [-0.2, 0) is 17.8 Å². The fourth-order valence-electron chi connectivity index (χ4n) is 2.67. The van der Waals surface area contributed by atoms with Crippen molar-refractivity contribution in [3.63, 3.8) is 0 Å². The zero-order valence-corrected chi connectivity index (χ0v) is 12.7. The van der Waals surface area contributed by atoms with Crippen molar-refractivity contribution in [1.29, 1.82) is 0 Å². The van der Waals surface area contributed by atoms with Gasteiger partial charge in [0.1, 0.15) is 5.82 Å². The van der Waals surface area contributed by atoms with Crippen molar-refractivity contribution in [2.24, 2.45) is 0 Å². The van der Waals surface area contributed by atoms with Crippen LogP contribution in [0.5, 0.6) is 0 Å². The topological polar surface area (TPSA) is 32.3 Å². The second kappa shape index (κ2) is 6.46. The quantitative estimate of drug-likeness (QED) is 0.939. The number of benzene rings is 2. The number of fused-ring (bicyclic) bond motifs is 1. The lowest BCUT2D eigenvalue weighted by molar-refractivity contribution is -0.117. The van der Waals surface area contributed by atoms with Gasteiger partial charge in [0.15, 0.2) is 0 Å². The van der Waals surface area contributed by atoms with Gasteiger partial charge in [-0.25, -0.2) is 4.39 Å². The molecule has 0 bridgehead atoms. The van der Waals surface area contributed by atoms with Crippen LogP contribution < -0.4 is 5.32 Å². The summed E-state index contributed by atoms with van der Waals surface area (Å²) in [6, 6.07) is 12.2. The average molecular weight is 319 g/mol. The van der Waals surface area contributed by atoms with Gasteiger partial charge in [0, 0.05) is 13.1 Å². The van der Waals surface area contributed by atoms with E-state index in [4.69, 9.17) is 11.6 Å². The van der Waals surface area contributed by atoms with Crippen LogP contribution in [0.15, 0.2) is 42.5 Å². The second-order valence-corrected chi connectivity index (χ2v) is 5.81. The Morgan fingerprint density at radius 1 is 1.23 bits per heavy atom. The van der Waals surface area contributed by atoms with Crippen molar-refractivity contribution in [1.82, 2.24) is 4.90 Å². The number of amides is 1. The summed E-state index contributed by atoms with van der Waals surface area (Å²) < 4.78 is 13.0. The number of anilines is 1. The molecule has 1 heterocycles. The molecule has 2 aromatic carbocycles. The number of rotatable bonds is 3. The van der Waals surface area contributed by atoms with Crippen LogP contribution >= 0.6 is 11.6 Å². The SMILES string of the molecule is O=C(CN1CCc2ccccc2C1)Nc1ccc(F)cc1Cl. The summed E-state index contributed by atoms with van der Waals surface area (Å²) in [4.78, 5) is 14.2. The van der Waals surface area contributed by atoms with Gasteiger partial charge in [0.25, 0.3) is 0 Å². The van der Waals surface area contributed by atoms with Crippen LogP contribution in [0, 0.1) is 5.82 Å². The average Bonchev–Trinajstić information content (AvgIpc) is 2.50. The molecule has 114 valence electrons. The number of hydrogen-bond donors (Lipinski definition) is 1. The van der Waals surface area contributed by atoms with E-state index in [2.05, 4.69) is 22.3 Å². The summed E-state index contributed by atoms with van der Waals surface area (Å²) in [5.41, 5.74) is 3.05. The molecule has 1 amide bonds. The summed E-state index contributed by atoms with van der Waals surface area (Å²) in [6.45, 7) is 1.91. The third-order valence-corrected chi connectivity index (χ3v) is 4.09. The minimum Gasteiger partial charge on any atom is -0.324 e. The first-order valence-corrected chi connectivity index (χ1v) is 7.53. The summed E-state index contributed by atoms with van der Waals surface area (Å²) in [5.74, 6) is -0.566. The summed E-state index contributed by atoms with van der Waals surface area (Å²) in [6.07, 6.45) is 0.945. The third kappa shape index (κ3) is 3.46. The van der Waals surface area contributed by atoms with Crippen LogP contribution in [0.25, 0.3) is 0 Å². The standard InChI is InChI=1S/C17H16ClFN2O/c18-15-9-14(19)5-6-16(15)20-17(22)11-21-8-7-12-3-1-2-4-13(12)10-21/h1-6,9H,7-8,10-11H2,(H,20,22). The van der Waals surface area contributed by atoms with Gasteiger partial charge in [-0.2, -0.15) is 0 Å². The summed E-state index contributed by atoms with van der Waals surface area (Å²) in [5, 5.41) is 2.94. The summed E-state index contributed by atoms with van der Waals surface area (Å²) in [7, 11) is 0. The third-order valence-electron chi connectivity index (χ3n) is 3.78. The Labute approximate surface area is 133 Å². The van der Waals surface area contributed by atoms with Crippen molar-refractivity contribution >= 4 is 23.2 Å². The van der Waals surface area contributed by atoms with Crippen LogP contribution in [0.2, 0.25) is 5.02 Å². The fourth-order valence-corrected chi connectivity index (χ4v) is 2.89. The Balaban J connectivity index is 1.61. The molecule has 0 radical (unpaired) electrons. The highest BCUT2D eigenvalue weighted by Crippen LogP contribution is 2.23. The Bertz CT molecular complexity index is 705. The monoisotopic (exact) mass is 318 g/mol. The van der Waals surface area contributed by atoms with E-state index in [1.165, 1.54) is 29.3 Å². The number of carbonyl (C=O) groups excluding carboxylic acids is 1. The summed E-state index contributed by atoms with van der Waals surface area (Å²) >= 11 is 5.91. The maximum absolute atomic E-state index is 13.0. The highest BCUT2D eigenvalue weighted by atomic mass is 35.5. The zero-order chi connectivity index (χ0) is 15.5. The largest absolute Gasteiger partial charge is 0.324 e. The van der Waals surface area contributed by atoms with E-state index in [-0.39, 0.29) is 10.9 Å². The molecular weight excluding hydrogens is 303 g/mol. The molecule has 0 saturated carbocycles. The van der Waals surface area contributed by atoms with E-state index >= 15 is 0 Å². The number of nitrogens with one attached hydrogen (secondary N) is 1. The normalized spacial score (nSPS) is 14.5. The lowest BCUT2D eigenvalue weighted by Crippen LogP contribution is -2.37. The van der Waals surface area contributed by atoms with E-state index in [9.17, 15) is 9.18 Å². The molecule has 0 fully saturated rings. The van der Waals surface area contributed by atoms with Gasteiger partial charge in [-0.05, 0) is 35.7 Å². The predicted molar refractivity (Wildman–Crippen MR) is 85.5 cm³/mol. The lowest BCUT2D eigenvalue weighted by atomic mass is 10.00. The minimum atomic E-state index is -0.421. The van der Waals surface area contributed by atoms with E-state index in [0.29, 0.717) is 12.2 Å². The smallest absolute Gasteiger partial charge is 0.238 e. The van der Waals surface area contributed by atoms with Gasteiger partial charge < -0.3 is 5.32 Å². The first-order valence-electron chi connectivity index (χ1n) is 7.16. The van der Waals surface area contributed by atoms with Gasteiger partial charge >= 0.3 is 0 Å². The molecule has 22 heavy (non-hydrogen) atoms. The van der Waals surface area contributed by atoms with Crippen molar-refractivity contribution in [2.75, 3.05) is 18.4 Å². The van der Waals surface area contributed by atoms with Gasteiger partial charge in [-0.1, -0.05) is 35.9 Å². The number of nitrogens with zero attached hydrogens (tertiary/aromatic N) is 1. The van der Waals surface area contributed by atoms with Gasteiger partial charge in [0.2, 0.25) is 5.91 Å². The van der Waals surface area contributed by atoms with Gasteiger partial charge in [-0.3, -0.25) is 9.69 Å². The molecule has 0 saturated heterocycles. The van der Waals surface area contributed by atoms with E-state index in [1.54, 1.807) is 0 Å². The van der Waals surface area contributed by atoms with Crippen LogP contribution in [0.4, 0.5) is 10.1 Å². The number of carbonyl (C=O) groups is 1. The van der Waals surface area contributed by atoms with Crippen molar-refractivity contribution in [3.05, 3.63) is 64.4 Å². The fraction of sp³-hybridized carbons (Fsp3) is 0.235. The second-order valence-electron chi connectivity index (χ2n) is 5.40. The predicted octanol–water partition coefficient (Wildman–Crippen LogP) is 3.48. The molecule has 0 unspecified atom stereocenters. The minimum absolute atomic E-state index is 0.145. The highest BCUT2D eigenvalue weighted by Gasteiger charge is 2.18. The molecule has 2 aromatic rings. The molecule has 3 rings (SSSR count). The number of hydrogen-bond acceptors (Lipinski definition) is 2. The highest BCUT2D eigenvalue weighted by molar-refractivity contribution is 6.33. The molecule has 0 atom stereocenters. The zero-order valence-electron chi connectivity index (χ0n) is 12.0. The Hall–Kier alpha value is -1.91. The molecule has 1 N–H and O–H groups in total. The molecular formula is C17H16ClFN2O. The van der Waals surface area contributed by atoms with Crippen LogP contribution in [0.1, 0.15) is 11.1 Å². The molecule has 3 nitrogen and oxygen atoms in total. The van der Waals surface area contributed by atoms with Crippen molar-refractivity contribution in [3.8, 4) is 0 Å². The molecule has 1 aliphatic heterocycles. The van der Waals surface area contributed by atoms with Gasteiger partial charge in [0.05, 0.1) is 17.3 Å². The maximum Gasteiger partial charge on any atom is 0.238 e. The van der Waals surface area contributed by atoms with E-state index in [0.717, 1.165) is 19.5 Å². The van der Waals surface area contributed by atoms with E-state index in [1.807, 2.05) is 12.1 Å². The number of halogens is 2. The Morgan fingerprint density at radius 3 is 2.77 bits per heavy atom. The molecule has 0 spiro atoms. The Morgan fingerprint density at radius 2 is 2.00 bits per heavy atom. The van der Waals surface area contributed by atoms with Crippen molar-refractivity contribution in [2.45, 2.75) is 13.0 Å². The van der Waals surface area contributed by atoms with Crippen molar-refractivity contribution < 1.29 is 9.18 Å². The molecule has 1 aliphatic rings. The van der Waals surface area contributed by atoms with Crippen LogP contribution in [0.3, 0.4) is 0 Å². The first-order chi connectivity index (χ1) is 10.6. The molecule has 5 heteroatoms. The van der Waals surface area contributed by atoms with E-state index < -0.39 is 5.82 Å². The molecule has 0 aromatic heterocycles. The maximum atomic E-state index is 13.0. The molecule has 0 aliphatic carbocycles.